The van der Waals surface area contributed by atoms with Crippen molar-refractivity contribution in [1.29, 1.82) is 0 Å². The van der Waals surface area contributed by atoms with Crippen molar-refractivity contribution in [1.82, 2.24) is 39.1 Å². The van der Waals surface area contributed by atoms with Crippen molar-refractivity contribution < 1.29 is 0 Å². The van der Waals surface area contributed by atoms with Crippen molar-refractivity contribution in [3.63, 3.8) is 0 Å². The van der Waals surface area contributed by atoms with Crippen molar-refractivity contribution in [3.8, 4) is 5.69 Å². The summed E-state index contributed by atoms with van der Waals surface area (Å²) in [4.78, 5) is 9.34. The Kier molecular flexibility index (Phi) is 3.80. The Morgan fingerprint density at radius 2 is 1.82 bits per heavy atom. The van der Waals surface area contributed by atoms with E-state index in [9.17, 15) is 0 Å². The van der Waals surface area contributed by atoms with Crippen LogP contribution in [0.25, 0.3) is 22.4 Å². The lowest BCUT2D eigenvalue weighted by Gasteiger charge is -2.10. The van der Waals surface area contributed by atoms with Crippen LogP contribution < -0.4 is 0 Å². The lowest BCUT2D eigenvalue weighted by Crippen LogP contribution is -2.12. The van der Waals surface area contributed by atoms with Gasteiger partial charge >= 0.3 is 0 Å². The zero-order chi connectivity index (χ0) is 19.4. The standard InChI is InChI=1S/C19H17BrN8/c1-11-16(20)12(2)27(24-11)13(3)17-23-19-15-9-22-28(14-7-5-4-6-8-14)18(15)21-10-26(19)25-17/h4-10,13H,1-3H3/t13-/m1/s1. The molecule has 0 aliphatic heterocycles. The Morgan fingerprint density at radius 3 is 2.54 bits per heavy atom. The average molecular weight is 437 g/mol. The molecule has 8 nitrogen and oxygen atoms in total. The topological polar surface area (TPSA) is 78.7 Å². The predicted octanol–water partition coefficient (Wildman–Crippen LogP) is 3.65. The van der Waals surface area contributed by atoms with Crippen molar-refractivity contribution in [2.75, 3.05) is 0 Å². The van der Waals surface area contributed by atoms with Crippen LogP contribution in [0.15, 0.2) is 47.3 Å². The van der Waals surface area contributed by atoms with Gasteiger partial charge in [0.15, 0.2) is 17.1 Å². The highest BCUT2D eigenvalue weighted by molar-refractivity contribution is 9.10. The Hall–Kier alpha value is -3.07. The molecule has 0 aliphatic rings. The first-order valence-electron chi connectivity index (χ1n) is 8.90. The maximum Gasteiger partial charge on any atom is 0.176 e. The molecule has 0 aliphatic carbocycles. The molecular weight excluding hydrogens is 420 g/mol. The van der Waals surface area contributed by atoms with Crippen molar-refractivity contribution in [2.45, 2.75) is 26.8 Å². The number of halogens is 1. The molecule has 4 aromatic heterocycles. The van der Waals surface area contributed by atoms with Gasteiger partial charge in [-0.1, -0.05) is 18.2 Å². The van der Waals surface area contributed by atoms with Gasteiger partial charge in [-0.05, 0) is 48.8 Å². The minimum atomic E-state index is -0.107. The lowest BCUT2D eigenvalue weighted by atomic mass is 10.3. The SMILES string of the molecule is Cc1nn([C@H](C)c2nc3c4cnn(-c5ccccc5)c4ncn3n2)c(C)c1Br. The van der Waals surface area contributed by atoms with Crippen LogP contribution in [0.5, 0.6) is 0 Å². The molecule has 0 N–H and O–H groups in total. The fourth-order valence-electron chi connectivity index (χ4n) is 3.40. The fraction of sp³-hybridized carbons (Fsp3) is 0.211. The van der Waals surface area contributed by atoms with Gasteiger partial charge in [0.1, 0.15) is 12.4 Å². The number of hydrogen-bond donors (Lipinski definition) is 0. The van der Waals surface area contributed by atoms with Gasteiger partial charge in [-0.3, -0.25) is 4.68 Å². The Balaban J connectivity index is 1.64. The van der Waals surface area contributed by atoms with E-state index >= 15 is 0 Å². The second-order valence-corrected chi connectivity index (χ2v) is 7.51. The Labute approximate surface area is 169 Å². The number of nitrogens with zero attached hydrogens (tertiary/aromatic N) is 8. The lowest BCUT2D eigenvalue weighted by molar-refractivity contribution is 0.520. The van der Waals surface area contributed by atoms with E-state index < -0.39 is 0 Å². The van der Waals surface area contributed by atoms with Crippen LogP contribution in [0.4, 0.5) is 0 Å². The Bertz CT molecular complexity index is 1310. The molecule has 5 aromatic rings. The normalized spacial score (nSPS) is 12.9. The maximum atomic E-state index is 4.79. The quantitative estimate of drug-likeness (QED) is 0.431. The molecule has 0 saturated heterocycles. The summed E-state index contributed by atoms with van der Waals surface area (Å²) in [6, 6.07) is 9.82. The molecular formula is C19H17BrN8. The van der Waals surface area contributed by atoms with Crippen molar-refractivity contribution in [2.24, 2.45) is 0 Å². The number of fused-ring (bicyclic) bond motifs is 3. The van der Waals surface area contributed by atoms with E-state index in [2.05, 4.69) is 36.2 Å². The zero-order valence-electron chi connectivity index (χ0n) is 15.6. The maximum absolute atomic E-state index is 4.79. The molecule has 0 saturated carbocycles. The van der Waals surface area contributed by atoms with E-state index in [1.807, 2.05) is 60.5 Å². The predicted molar refractivity (Wildman–Crippen MR) is 109 cm³/mol. The molecule has 9 heteroatoms. The highest BCUT2D eigenvalue weighted by Crippen LogP contribution is 2.26. The molecule has 0 unspecified atom stereocenters. The minimum Gasteiger partial charge on any atom is -0.258 e. The van der Waals surface area contributed by atoms with Gasteiger partial charge in [0.2, 0.25) is 0 Å². The van der Waals surface area contributed by atoms with Gasteiger partial charge in [-0.25, -0.2) is 19.2 Å². The smallest absolute Gasteiger partial charge is 0.176 e. The van der Waals surface area contributed by atoms with Crippen molar-refractivity contribution in [3.05, 3.63) is 64.5 Å². The third-order valence-corrected chi connectivity index (χ3v) is 6.05. The Morgan fingerprint density at radius 1 is 1.04 bits per heavy atom. The fourth-order valence-corrected chi connectivity index (χ4v) is 3.66. The molecule has 0 fully saturated rings. The number of hydrogen-bond acceptors (Lipinski definition) is 5. The van der Waals surface area contributed by atoms with Gasteiger partial charge in [-0.2, -0.15) is 10.2 Å². The number of rotatable bonds is 3. The first-order valence-corrected chi connectivity index (χ1v) is 9.69. The third kappa shape index (κ3) is 2.46. The summed E-state index contributed by atoms with van der Waals surface area (Å²) >= 11 is 3.58. The summed E-state index contributed by atoms with van der Waals surface area (Å²) < 4.78 is 6.46. The van der Waals surface area contributed by atoms with Gasteiger partial charge in [-0.15, -0.1) is 5.10 Å². The van der Waals surface area contributed by atoms with Gasteiger partial charge in [0.05, 0.1) is 33.1 Å². The highest BCUT2D eigenvalue weighted by Gasteiger charge is 2.21. The summed E-state index contributed by atoms with van der Waals surface area (Å²) in [6.07, 6.45) is 3.47. The first kappa shape index (κ1) is 17.1. The molecule has 1 aromatic carbocycles. The van der Waals surface area contributed by atoms with E-state index in [4.69, 9.17) is 4.98 Å². The van der Waals surface area contributed by atoms with E-state index in [0.717, 1.165) is 38.2 Å². The summed E-state index contributed by atoms with van der Waals surface area (Å²) in [5, 5.41) is 14.6. The van der Waals surface area contributed by atoms with Gasteiger partial charge in [0.25, 0.3) is 0 Å². The zero-order valence-corrected chi connectivity index (χ0v) is 17.2. The highest BCUT2D eigenvalue weighted by atomic mass is 79.9. The van der Waals surface area contributed by atoms with Gasteiger partial charge in [0, 0.05) is 0 Å². The first-order chi connectivity index (χ1) is 13.5. The molecule has 0 bridgehead atoms. The molecule has 0 amide bonds. The summed E-state index contributed by atoms with van der Waals surface area (Å²) in [5.74, 6) is 0.680. The summed E-state index contributed by atoms with van der Waals surface area (Å²) in [6.45, 7) is 6.04. The van der Waals surface area contributed by atoms with Crippen LogP contribution in [-0.2, 0) is 0 Å². The van der Waals surface area contributed by atoms with E-state index in [1.54, 1.807) is 17.0 Å². The molecule has 4 heterocycles. The third-order valence-electron chi connectivity index (χ3n) is 4.90. The van der Waals surface area contributed by atoms with Crippen LogP contribution in [0.3, 0.4) is 0 Å². The summed E-state index contributed by atoms with van der Waals surface area (Å²) in [7, 11) is 0. The molecule has 0 spiro atoms. The van der Waals surface area contributed by atoms with E-state index in [1.165, 1.54) is 0 Å². The number of para-hydroxylation sites is 1. The number of aryl methyl sites for hydroxylation is 1. The largest absolute Gasteiger partial charge is 0.258 e. The van der Waals surface area contributed by atoms with Crippen molar-refractivity contribution >= 4 is 32.6 Å². The van der Waals surface area contributed by atoms with Crippen LogP contribution in [-0.4, -0.2) is 39.1 Å². The molecule has 28 heavy (non-hydrogen) atoms. The minimum absolute atomic E-state index is 0.107. The van der Waals surface area contributed by atoms with Gasteiger partial charge < -0.3 is 0 Å². The average Bonchev–Trinajstić information content (AvgIpc) is 3.40. The van der Waals surface area contributed by atoms with Crippen LogP contribution in [0.1, 0.15) is 30.2 Å². The van der Waals surface area contributed by atoms with Crippen LogP contribution >= 0.6 is 15.9 Å². The monoisotopic (exact) mass is 436 g/mol. The summed E-state index contributed by atoms with van der Waals surface area (Å²) in [5.41, 5.74) is 4.43. The van der Waals surface area contributed by atoms with Crippen LogP contribution in [0.2, 0.25) is 0 Å². The molecule has 140 valence electrons. The number of benzene rings is 1. The van der Waals surface area contributed by atoms with Crippen LogP contribution in [0, 0.1) is 13.8 Å². The van der Waals surface area contributed by atoms with E-state index in [-0.39, 0.29) is 6.04 Å². The van der Waals surface area contributed by atoms with E-state index in [0.29, 0.717) is 5.82 Å². The second-order valence-electron chi connectivity index (χ2n) is 6.72. The molecule has 0 radical (unpaired) electrons. The molecule has 5 rings (SSSR count). The second kappa shape index (κ2) is 6.23. The number of aromatic nitrogens is 8. The molecule has 1 atom stereocenters.